The molecule has 0 spiro atoms. The molecule has 0 aliphatic heterocycles. The van der Waals surface area contributed by atoms with Crippen LogP contribution >= 0.6 is 0 Å². The molecule has 0 atom stereocenters. The van der Waals surface area contributed by atoms with E-state index in [0.29, 0.717) is 11.9 Å². The highest BCUT2D eigenvalue weighted by atomic mass is 16.3. The number of H-pyrrole nitrogens is 1. The Balaban J connectivity index is 1.72. The monoisotopic (exact) mass is 357 g/mol. The van der Waals surface area contributed by atoms with Gasteiger partial charge >= 0.3 is 0 Å². The number of nitrogens with one attached hydrogen (secondary N) is 1. The number of nitrogens with zero attached hydrogens (tertiary/aromatic N) is 2. The third-order valence-electron chi connectivity index (χ3n) is 4.65. The fourth-order valence-corrected chi connectivity index (χ4v) is 3.15. The Kier molecular flexibility index (Phi) is 4.34. The Labute approximate surface area is 156 Å². The van der Waals surface area contributed by atoms with Crippen LogP contribution in [0.2, 0.25) is 0 Å². The summed E-state index contributed by atoms with van der Waals surface area (Å²) in [5.41, 5.74) is 3.70. The largest absolute Gasteiger partial charge is 0.507 e. The van der Waals surface area contributed by atoms with Crippen molar-refractivity contribution in [3.05, 3.63) is 89.6 Å². The maximum Gasteiger partial charge on any atom is 0.261 e. The summed E-state index contributed by atoms with van der Waals surface area (Å²) < 4.78 is 0. The Morgan fingerprint density at radius 1 is 1.04 bits per heavy atom. The van der Waals surface area contributed by atoms with Gasteiger partial charge in [0.15, 0.2) is 0 Å². The number of anilines is 1. The Bertz CT molecular complexity index is 1090. The fourth-order valence-electron chi connectivity index (χ4n) is 3.15. The lowest BCUT2D eigenvalue weighted by Crippen LogP contribution is -2.26. The number of phenols is 1. The molecule has 0 saturated heterocycles. The van der Waals surface area contributed by atoms with Gasteiger partial charge in [-0.25, -0.2) is 0 Å². The van der Waals surface area contributed by atoms with Gasteiger partial charge in [0.1, 0.15) is 5.75 Å². The van der Waals surface area contributed by atoms with E-state index in [4.69, 9.17) is 0 Å². The molecule has 4 rings (SSSR count). The minimum absolute atomic E-state index is 0.0646. The highest BCUT2D eigenvalue weighted by Crippen LogP contribution is 2.29. The molecule has 4 aromatic rings. The molecule has 2 N–H and O–H groups in total. The molecule has 5 heteroatoms. The van der Waals surface area contributed by atoms with E-state index in [-0.39, 0.29) is 17.2 Å². The minimum atomic E-state index is -0.271. The second-order valence-electron chi connectivity index (χ2n) is 6.45. The SMILES string of the molecule is CN(C(=O)c1cc2c(Cc3ccccc3)n[nH]c2cc1O)c1ccccc1. The van der Waals surface area contributed by atoms with E-state index in [9.17, 15) is 9.90 Å². The van der Waals surface area contributed by atoms with E-state index in [2.05, 4.69) is 10.2 Å². The molecule has 1 amide bonds. The highest BCUT2D eigenvalue weighted by molar-refractivity contribution is 6.09. The Hall–Kier alpha value is -3.60. The number of benzene rings is 3. The van der Waals surface area contributed by atoms with Gasteiger partial charge in [0.25, 0.3) is 5.91 Å². The summed E-state index contributed by atoms with van der Waals surface area (Å²) in [6, 6.07) is 22.6. The first kappa shape index (κ1) is 16.8. The standard InChI is InChI=1S/C22H19N3O2/c1-25(16-10-6-3-7-11-16)22(27)18-13-17-19(12-15-8-4-2-5-9-15)23-24-20(17)14-21(18)26/h2-11,13-14,26H,12H2,1H3,(H,23,24). The molecule has 0 radical (unpaired) electrons. The van der Waals surface area contributed by atoms with Crippen molar-refractivity contribution in [2.45, 2.75) is 6.42 Å². The smallest absolute Gasteiger partial charge is 0.261 e. The average Bonchev–Trinajstić information content (AvgIpc) is 3.09. The number of carbonyl (C=O) groups is 1. The van der Waals surface area contributed by atoms with Crippen molar-refractivity contribution in [1.82, 2.24) is 10.2 Å². The van der Waals surface area contributed by atoms with Gasteiger partial charge in [-0.3, -0.25) is 9.89 Å². The number of aromatic hydroxyl groups is 1. The van der Waals surface area contributed by atoms with Crippen LogP contribution in [0.25, 0.3) is 10.9 Å². The van der Waals surface area contributed by atoms with Crippen LogP contribution in [0, 0.1) is 0 Å². The Morgan fingerprint density at radius 2 is 1.70 bits per heavy atom. The summed E-state index contributed by atoms with van der Waals surface area (Å²) in [5.74, 6) is -0.336. The van der Waals surface area contributed by atoms with Crippen molar-refractivity contribution < 1.29 is 9.90 Å². The van der Waals surface area contributed by atoms with Gasteiger partial charge in [-0.2, -0.15) is 5.10 Å². The van der Waals surface area contributed by atoms with E-state index in [1.165, 1.54) is 4.90 Å². The second kappa shape index (κ2) is 6.96. The first-order valence-corrected chi connectivity index (χ1v) is 8.70. The third kappa shape index (κ3) is 3.27. The normalized spacial score (nSPS) is 10.9. The summed E-state index contributed by atoms with van der Waals surface area (Å²) >= 11 is 0. The molecule has 0 fully saturated rings. The zero-order valence-corrected chi connectivity index (χ0v) is 14.9. The average molecular weight is 357 g/mol. The van der Waals surface area contributed by atoms with Gasteiger partial charge in [-0.1, -0.05) is 48.5 Å². The molecule has 0 aliphatic rings. The summed E-state index contributed by atoms with van der Waals surface area (Å²) in [6.07, 6.45) is 0.647. The van der Waals surface area contributed by atoms with Crippen molar-refractivity contribution in [1.29, 1.82) is 0 Å². The topological polar surface area (TPSA) is 69.2 Å². The molecule has 134 valence electrons. The number of aromatic amines is 1. The first-order valence-electron chi connectivity index (χ1n) is 8.70. The van der Waals surface area contributed by atoms with E-state index in [1.807, 2.05) is 60.7 Å². The van der Waals surface area contributed by atoms with Crippen molar-refractivity contribution in [2.24, 2.45) is 0 Å². The number of amides is 1. The summed E-state index contributed by atoms with van der Waals surface area (Å²) in [6.45, 7) is 0. The van der Waals surface area contributed by atoms with Gasteiger partial charge in [-0.05, 0) is 23.8 Å². The van der Waals surface area contributed by atoms with Crippen LogP contribution in [0.5, 0.6) is 5.75 Å². The number of hydrogen-bond donors (Lipinski definition) is 2. The Morgan fingerprint density at radius 3 is 2.41 bits per heavy atom. The van der Waals surface area contributed by atoms with Crippen molar-refractivity contribution in [3.63, 3.8) is 0 Å². The van der Waals surface area contributed by atoms with Crippen molar-refractivity contribution in [2.75, 3.05) is 11.9 Å². The molecular formula is C22H19N3O2. The second-order valence-corrected chi connectivity index (χ2v) is 6.45. The van der Waals surface area contributed by atoms with Crippen LogP contribution in [0.3, 0.4) is 0 Å². The van der Waals surface area contributed by atoms with E-state index in [0.717, 1.165) is 22.3 Å². The molecule has 0 aliphatic carbocycles. The highest BCUT2D eigenvalue weighted by Gasteiger charge is 2.20. The summed E-state index contributed by atoms with van der Waals surface area (Å²) in [5, 5.41) is 18.5. The molecule has 3 aromatic carbocycles. The fraction of sp³-hybridized carbons (Fsp3) is 0.0909. The number of hydrogen-bond acceptors (Lipinski definition) is 3. The molecule has 1 aromatic heterocycles. The van der Waals surface area contributed by atoms with Crippen molar-refractivity contribution in [3.8, 4) is 5.75 Å². The van der Waals surface area contributed by atoms with Crippen LogP contribution in [-0.2, 0) is 6.42 Å². The number of rotatable bonds is 4. The number of phenolic OH excluding ortho intramolecular Hbond substituents is 1. The van der Waals surface area contributed by atoms with Crippen LogP contribution in [0.15, 0.2) is 72.8 Å². The molecule has 0 unspecified atom stereocenters. The predicted molar refractivity (Wildman–Crippen MR) is 106 cm³/mol. The van der Waals surface area contributed by atoms with E-state index < -0.39 is 0 Å². The lowest BCUT2D eigenvalue weighted by molar-refractivity contribution is 0.0990. The summed E-state index contributed by atoms with van der Waals surface area (Å²) in [7, 11) is 1.70. The van der Waals surface area contributed by atoms with Gasteiger partial charge in [0.2, 0.25) is 0 Å². The lowest BCUT2D eigenvalue weighted by atomic mass is 10.0. The van der Waals surface area contributed by atoms with Gasteiger partial charge in [-0.15, -0.1) is 0 Å². The molecule has 1 heterocycles. The van der Waals surface area contributed by atoms with Crippen LogP contribution < -0.4 is 4.90 Å². The predicted octanol–water partition coefficient (Wildman–Crippen LogP) is 4.14. The number of para-hydroxylation sites is 1. The zero-order valence-electron chi connectivity index (χ0n) is 14.9. The molecule has 27 heavy (non-hydrogen) atoms. The molecular weight excluding hydrogens is 338 g/mol. The molecule has 5 nitrogen and oxygen atoms in total. The third-order valence-corrected chi connectivity index (χ3v) is 4.65. The van der Waals surface area contributed by atoms with Gasteiger partial charge in [0.05, 0.1) is 16.8 Å². The minimum Gasteiger partial charge on any atom is -0.507 e. The lowest BCUT2D eigenvalue weighted by Gasteiger charge is -2.18. The quantitative estimate of drug-likeness (QED) is 0.577. The van der Waals surface area contributed by atoms with Crippen LogP contribution in [0.4, 0.5) is 5.69 Å². The summed E-state index contributed by atoms with van der Waals surface area (Å²) in [4.78, 5) is 14.5. The van der Waals surface area contributed by atoms with E-state index >= 15 is 0 Å². The number of fused-ring (bicyclic) bond motifs is 1. The number of carbonyl (C=O) groups excluding carboxylic acids is 1. The van der Waals surface area contributed by atoms with Crippen LogP contribution in [0.1, 0.15) is 21.6 Å². The van der Waals surface area contributed by atoms with Gasteiger partial charge < -0.3 is 10.0 Å². The maximum absolute atomic E-state index is 12.9. The van der Waals surface area contributed by atoms with Crippen molar-refractivity contribution >= 4 is 22.5 Å². The van der Waals surface area contributed by atoms with E-state index in [1.54, 1.807) is 19.2 Å². The zero-order chi connectivity index (χ0) is 18.8. The van der Waals surface area contributed by atoms with Crippen LogP contribution in [-0.4, -0.2) is 28.3 Å². The van der Waals surface area contributed by atoms with Gasteiger partial charge in [0, 0.05) is 30.6 Å². The molecule has 0 bridgehead atoms. The number of aromatic nitrogens is 2. The maximum atomic E-state index is 12.9. The molecule has 0 saturated carbocycles. The first-order chi connectivity index (χ1) is 13.1.